The predicted octanol–water partition coefficient (Wildman–Crippen LogP) is 1.99. The second-order valence-corrected chi connectivity index (χ2v) is 8.07. The maximum atomic E-state index is 12.9. The second kappa shape index (κ2) is 8.51. The number of hydrogen-bond acceptors (Lipinski definition) is 4. The van der Waals surface area contributed by atoms with Crippen molar-refractivity contribution in [3.8, 4) is 0 Å². The number of ether oxygens (including phenoxy) is 1. The molecule has 5 heteroatoms. The molecular weight excluding hydrogens is 326 g/mol. The molecule has 1 amide bonds. The molecule has 4 rings (SSSR count). The van der Waals surface area contributed by atoms with Gasteiger partial charge in [-0.3, -0.25) is 15.6 Å². The lowest BCUT2D eigenvalue weighted by atomic mass is 9.81. The zero-order valence-electron chi connectivity index (χ0n) is 15.5. The molecule has 5 nitrogen and oxygen atoms in total. The van der Waals surface area contributed by atoms with Gasteiger partial charge in [0.2, 0.25) is 5.91 Å². The van der Waals surface area contributed by atoms with Crippen molar-refractivity contribution in [2.45, 2.75) is 38.1 Å². The van der Waals surface area contributed by atoms with Gasteiger partial charge in [0.1, 0.15) is 0 Å². The van der Waals surface area contributed by atoms with E-state index in [0.717, 1.165) is 58.5 Å². The molecule has 3 aliphatic heterocycles. The summed E-state index contributed by atoms with van der Waals surface area (Å²) in [6, 6.07) is 11.2. The molecule has 0 aliphatic carbocycles. The molecule has 3 aliphatic rings. The number of likely N-dealkylation sites (tertiary alicyclic amines) is 1. The second-order valence-electron chi connectivity index (χ2n) is 8.07. The average molecular weight is 357 g/mol. The van der Waals surface area contributed by atoms with Crippen molar-refractivity contribution >= 4 is 5.91 Å². The Morgan fingerprint density at radius 1 is 1.15 bits per heavy atom. The zero-order chi connectivity index (χ0) is 17.8. The standard InChI is InChI=1S/C21H31N3O2/c25-21(17-8-11-26-12-9-17)24-10-4-7-18(15-24)20-19(14-22-23-20)13-16-5-2-1-3-6-16/h1-3,5-6,17-20,22-23H,4,7-15H2. The highest BCUT2D eigenvalue weighted by molar-refractivity contribution is 5.79. The maximum Gasteiger partial charge on any atom is 0.225 e. The van der Waals surface area contributed by atoms with E-state index in [0.29, 0.717) is 23.8 Å². The van der Waals surface area contributed by atoms with Crippen LogP contribution in [-0.4, -0.2) is 49.7 Å². The van der Waals surface area contributed by atoms with Gasteiger partial charge >= 0.3 is 0 Å². The Labute approximate surface area is 156 Å². The number of nitrogens with zero attached hydrogens (tertiary/aromatic N) is 1. The van der Waals surface area contributed by atoms with Crippen molar-refractivity contribution in [1.29, 1.82) is 0 Å². The van der Waals surface area contributed by atoms with Gasteiger partial charge in [0.15, 0.2) is 0 Å². The molecule has 0 aromatic heterocycles. The first kappa shape index (κ1) is 18.0. The third-order valence-electron chi connectivity index (χ3n) is 6.33. The van der Waals surface area contributed by atoms with Crippen molar-refractivity contribution < 1.29 is 9.53 Å². The predicted molar refractivity (Wildman–Crippen MR) is 101 cm³/mol. The molecule has 2 N–H and O–H groups in total. The van der Waals surface area contributed by atoms with Gasteiger partial charge in [-0.05, 0) is 49.5 Å². The van der Waals surface area contributed by atoms with E-state index in [4.69, 9.17) is 4.74 Å². The molecule has 0 bridgehead atoms. The molecule has 0 spiro atoms. The lowest BCUT2D eigenvalue weighted by Gasteiger charge is -2.39. The minimum Gasteiger partial charge on any atom is -0.381 e. The fraction of sp³-hybridized carbons (Fsp3) is 0.667. The van der Waals surface area contributed by atoms with E-state index in [1.54, 1.807) is 0 Å². The molecule has 3 fully saturated rings. The summed E-state index contributed by atoms with van der Waals surface area (Å²) in [5.74, 6) is 1.66. The highest BCUT2D eigenvalue weighted by Crippen LogP contribution is 2.29. The summed E-state index contributed by atoms with van der Waals surface area (Å²) in [5, 5.41) is 0. The Morgan fingerprint density at radius 3 is 2.77 bits per heavy atom. The number of hydrogen-bond donors (Lipinski definition) is 2. The Morgan fingerprint density at radius 2 is 1.96 bits per heavy atom. The Hall–Kier alpha value is -1.43. The first-order chi connectivity index (χ1) is 12.8. The van der Waals surface area contributed by atoms with Gasteiger partial charge in [0.25, 0.3) is 0 Å². The fourth-order valence-corrected chi connectivity index (χ4v) is 4.88. The summed E-state index contributed by atoms with van der Waals surface area (Å²) in [6.45, 7) is 4.31. The van der Waals surface area contributed by atoms with Gasteiger partial charge in [0.05, 0.1) is 0 Å². The van der Waals surface area contributed by atoms with Gasteiger partial charge in [-0.15, -0.1) is 0 Å². The highest BCUT2D eigenvalue weighted by Gasteiger charge is 2.38. The van der Waals surface area contributed by atoms with E-state index < -0.39 is 0 Å². The van der Waals surface area contributed by atoms with Crippen LogP contribution < -0.4 is 10.9 Å². The number of benzene rings is 1. The van der Waals surface area contributed by atoms with Crippen molar-refractivity contribution in [2.75, 3.05) is 32.8 Å². The number of carbonyl (C=O) groups is 1. The third-order valence-corrected chi connectivity index (χ3v) is 6.33. The van der Waals surface area contributed by atoms with E-state index in [2.05, 4.69) is 46.1 Å². The first-order valence-corrected chi connectivity index (χ1v) is 10.2. The fourth-order valence-electron chi connectivity index (χ4n) is 4.88. The molecule has 3 unspecified atom stereocenters. The lowest BCUT2D eigenvalue weighted by molar-refractivity contribution is -0.140. The highest BCUT2D eigenvalue weighted by atomic mass is 16.5. The number of piperidine rings is 1. The summed E-state index contributed by atoms with van der Waals surface area (Å²) in [6.07, 6.45) is 5.20. The maximum absolute atomic E-state index is 12.9. The zero-order valence-corrected chi connectivity index (χ0v) is 15.5. The van der Waals surface area contributed by atoms with Crippen molar-refractivity contribution in [1.82, 2.24) is 15.8 Å². The van der Waals surface area contributed by atoms with Crippen LogP contribution in [0.5, 0.6) is 0 Å². The summed E-state index contributed by atoms with van der Waals surface area (Å²) in [5.41, 5.74) is 8.31. The molecule has 1 aromatic carbocycles. The topological polar surface area (TPSA) is 53.6 Å². The van der Waals surface area contributed by atoms with Gasteiger partial charge < -0.3 is 9.64 Å². The van der Waals surface area contributed by atoms with Crippen LogP contribution in [0.3, 0.4) is 0 Å². The molecule has 0 radical (unpaired) electrons. The summed E-state index contributed by atoms with van der Waals surface area (Å²) < 4.78 is 5.42. The molecule has 142 valence electrons. The molecule has 3 saturated heterocycles. The van der Waals surface area contributed by atoms with Crippen molar-refractivity contribution in [3.63, 3.8) is 0 Å². The average Bonchev–Trinajstić information content (AvgIpc) is 3.17. The number of nitrogens with one attached hydrogen (secondary N) is 2. The van der Waals surface area contributed by atoms with Gasteiger partial charge in [-0.2, -0.15) is 0 Å². The van der Waals surface area contributed by atoms with Crippen molar-refractivity contribution in [2.24, 2.45) is 17.8 Å². The van der Waals surface area contributed by atoms with E-state index in [1.807, 2.05) is 0 Å². The summed E-state index contributed by atoms with van der Waals surface area (Å²) >= 11 is 0. The summed E-state index contributed by atoms with van der Waals surface area (Å²) in [4.78, 5) is 15.1. The van der Waals surface area contributed by atoms with Crippen LogP contribution in [0, 0.1) is 17.8 Å². The molecule has 3 heterocycles. The normalized spacial score (nSPS) is 30.5. The Kier molecular flexibility index (Phi) is 5.88. The van der Waals surface area contributed by atoms with Gasteiger partial charge in [0, 0.05) is 44.8 Å². The van der Waals surface area contributed by atoms with Gasteiger partial charge in [-0.25, -0.2) is 0 Å². The van der Waals surface area contributed by atoms with E-state index in [1.165, 1.54) is 12.0 Å². The minimum absolute atomic E-state index is 0.178. The van der Waals surface area contributed by atoms with Crippen LogP contribution in [0.2, 0.25) is 0 Å². The number of hydrazine groups is 1. The molecule has 3 atom stereocenters. The van der Waals surface area contributed by atoms with Crippen LogP contribution in [-0.2, 0) is 16.0 Å². The van der Waals surface area contributed by atoms with Crippen LogP contribution >= 0.6 is 0 Å². The largest absolute Gasteiger partial charge is 0.381 e. The molecular formula is C21H31N3O2. The molecule has 26 heavy (non-hydrogen) atoms. The molecule has 0 saturated carbocycles. The van der Waals surface area contributed by atoms with Crippen LogP contribution in [0.25, 0.3) is 0 Å². The SMILES string of the molecule is O=C(C1CCOCC1)N1CCCC(C2NNCC2Cc2ccccc2)C1. The van der Waals surface area contributed by atoms with E-state index in [9.17, 15) is 4.79 Å². The monoisotopic (exact) mass is 357 g/mol. The van der Waals surface area contributed by atoms with Gasteiger partial charge in [-0.1, -0.05) is 30.3 Å². The van der Waals surface area contributed by atoms with Crippen LogP contribution in [0.4, 0.5) is 0 Å². The van der Waals surface area contributed by atoms with Crippen LogP contribution in [0.15, 0.2) is 30.3 Å². The third kappa shape index (κ3) is 4.11. The first-order valence-electron chi connectivity index (χ1n) is 10.2. The Balaban J connectivity index is 1.37. The summed E-state index contributed by atoms with van der Waals surface area (Å²) in [7, 11) is 0. The quantitative estimate of drug-likeness (QED) is 0.865. The number of rotatable bonds is 4. The number of carbonyl (C=O) groups excluding carboxylic acids is 1. The minimum atomic E-state index is 0.178. The lowest BCUT2D eigenvalue weighted by Crippen LogP contribution is -2.50. The van der Waals surface area contributed by atoms with E-state index in [-0.39, 0.29) is 5.92 Å². The number of amides is 1. The van der Waals surface area contributed by atoms with E-state index >= 15 is 0 Å². The Bertz CT molecular complexity index is 588. The van der Waals surface area contributed by atoms with Crippen LogP contribution in [0.1, 0.15) is 31.2 Å². The van der Waals surface area contributed by atoms with Crippen molar-refractivity contribution in [3.05, 3.63) is 35.9 Å². The molecule has 1 aromatic rings. The smallest absolute Gasteiger partial charge is 0.225 e.